The second-order valence-corrected chi connectivity index (χ2v) is 3.85. The van der Waals surface area contributed by atoms with E-state index in [0.29, 0.717) is 0 Å². The van der Waals surface area contributed by atoms with Gasteiger partial charge in [-0.2, -0.15) is 0 Å². The lowest BCUT2D eigenvalue weighted by molar-refractivity contribution is -0.0521. The average Bonchev–Trinajstić information content (AvgIpc) is 2.08. The van der Waals surface area contributed by atoms with Crippen molar-refractivity contribution < 1.29 is 10.2 Å². The van der Waals surface area contributed by atoms with Gasteiger partial charge < -0.3 is 21.7 Å². The quantitative estimate of drug-likeness (QED) is 0.365. The number of hydrogen-bond donors (Lipinski definition) is 4. The molecule has 1 saturated carbocycles. The van der Waals surface area contributed by atoms with E-state index in [1.165, 1.54) is 0 Å². The summed E-state index contributed by atoms with van der Waals surface area (Å²) >= 11 is 0. The van der Waals surface area contributed by atoms with Crippen LogP contribution in [0.15, 0.2) is 0 Å². The van der Waals surface area contributed by atoms with Crippen LogP contribution in [-0.2, 0) is 0 Å². The Morgan fingerprint density at radius 3 is 1.83 bits per heavy atom. The number of aliphatic hydroxyl groups excluding tert-OH is 2. The van der Waals surface area contributed by atoms with Gasteiger partial charge in [-0.3, -0.25) is 0 Å². The molecule has 4 heteroatoms. The van der Waals surface area contributed by atoms with Gasteiger partial charge >= 0.3 is 0 Å². The Morgan fingerprint density at radius 1 is 0.833 bits per heavy atom. The summed E-state index contributed by atoms with van der Waals surface area (Å²) in [6, 6.07) is -0.926. The van der Waals surface area contributed by atoms with Crippen LogP contribution in [0.1, 0.15) is 13.8 Å². The van der Waals surface area contributed by atoms with Crippen LogP contribution in [0.3, 0.4) is 0 Å². The Labute approximate surface area is 72.6 Å². The summed E-state index contributed by atoms with van der Waals surface area (Å²) in [4.78, 5) is 0. The summed E-state index contributed by atoms with van der Waals surface area (Å²) in [5.41, 5.74) is 11.3. The molecule has 0 aliphatic heterocycles. The molecule has 6 atom stereocenters. The van der Waals surface area contributed by atoms with Gasteiger partial charge in [0.15, 0.2) is 0 Å². The third-order valence-electron chi connectivity index (χ3n) is 3.16. The van der Waals surface area contributed by atoms with Gasteiger partial charge in [0.1, 0.15) is 0 Å². The summed E-state index contributed by atoms with van der Waals surface area (Å²) in [5, 5.41) is 19.1. The van der Waals surface area contributed by atoms with Gasteiger partial charge in [0, 0.05) is 6.04 Å². The van der Waals surface area contributed by atoms with Crippen molar-refractivity contribution in [3.8, 4) is 0 Å². The van der Waals surface area contributed by atoms with Crippen molar-refractivity contribution in [2.24, 2.45) is 23.3 Å². The normalized spacial score (nSPS) is 55.5. The van der Waals surface area contributed by atoms with Gasteiger partial charge in [0.2, 0.25) is 0 Å². The maximum Gasteiger partial charge on any atom is 0.0869 e. The standard InChI is InChI=1S/C8H18N2O2/c1-3-4(2)7(11)6(10)8(12)5(3)9/h3-8,11-12H,9-10H2,1-2H3. The smallest absolute Gasteiger partial charge is 0.0869 e. The molecule has 0 aromatic rings. The number of hydrogen-bond acceptors (Lipinski definition) is 4. The largest absolute Gasteiger partial charge is 0.391 e. The van der Waals surface area contributed by atoms with Crippen molar-refractivity contribution in [2.75, 3.05) is 0 Å². The van der Waals surface area contributed by atoms with Crippen LogP contribution in [-0.4, -0.2) is 34.5 Å². The number of rotatable bonds is 0. The van der Waals surface area contributed by atoms with Gasteiger partial charge in [-0.05, 0) is 11.8 Å². The second kappa shape index (κ2) is 3.30. The fourth-order valence-electron chi connectivity index (χ4n) is 1.78. The molecule has 0 amide bonds. The molecule has 12 heavy (non-hydrogen) atoms. The minimum Gasteiger partial charge on any atom is -0.391 e. The van der Waals surface area contributed by atoms with Crippen molar-refractivity contribution >= 4 is 0 Å². The van der Waals surface area contributed by atoms with E-state index in [0.717, 1.165) is 0 Å². The van der Waals surface area contributed by atoms with E-state index in [1.54, 1.807) is 0 Å². The molecule has 1 fully saturated rings. The van der Waals surface area contributed by atoms with Crippen LogP contribution in [0.2, 0.25) is 0 Å². The molecule has 0 bridgehead atoms. The summed E-state index contributed by atoms with van der Waals surface area (Å²) in [7, 11) is 0. The van der Waals surface area contributed by atoms with E-state index in [4.69, 9.17) is 11.5 Å². The molecule has 0 saturated heterocycles. The predicted molar refractivity (Wildman–Crippen MR) is 46.3 cm³/mol. The van der Waals surface area contributed by atoms with Crippen LogP contribution in [0, 0.1) is 11.8 Å². The van der Waals surface area contributed by atoms with E-state index in [1.807, 2.05) is 13.8 Å². The average molecular weight is 174 g/mol. The Bertz CT molecular complexity index is 107. The zero-order valence-corrected chi connectivity index (χ0v) is 7.51. The summed E-state index contributed by atoms with van der Waals surface area (Å²) in [6.07, 6.45) is -1.43. The van der Waals surface area contributed by atoms with Crippen LogP contribution in [0.4, 0.5) is 0 Å². The molecular weight excluding hydrogens is 156 g/mol. The Hall–Kier alpha value is -0.160. The molecular formula is C8H18N2O2. The Balaban J connectivity index is 2.76. The van der Waals surface area contributed by atoms with Crippen LogP contribution < -0.4 is 11.5 Å². The minimum absolute atomic E-state index is 0.0541. The molecule has 0 aromatic carbocycles. The lowest BCUT2D eigenvalue weighted by Crippen LogP contribution is -2.63. The van der Waals surface area contributed by atoms with Crippen molar-refractivity contribution in [3.63, 3.8) is 0 Å². The monoisotopic (exact) mass is 174 g/mol. The van der Waals surface area contributed by atoms with E-state index in [2.05, 4.69) is 0 Å². The van der Waals surface area contributed by atoms with Crippen molar-refractivity contribution in [3.05, 3.63) is 0 Å². The van der Waals surface area contributed by atoms with Gasteiger partial charge in [0.25, 0.3) is 0 Å². The van der Waals surface area contributed by atoms with Gasteiger partial charge in [-0.1, -0.05) is 13.8 Å². The topological polar surface area (TPSA) is 92.5 Å². The summed E-state index contributed by atoms with van der Waals surface area (Å²) in [5.74, 6) is 0.160. The highest BCUT2D eigenvalue weighted by atomic mass is 16.3. The zero-order chi connectivity index (χ0) is 9.46. The van der Waals surface area contributed by atoms with Gasteiger partial charge in [-0.25, -0.2) is 0 Å². The predicted octanol–water partition coefficient (Wildman–Crippen LogP) is -1.35. The Morgan fingerprint density at radius 2 is 1.33 bits per heavy atom. The first-order chi connectivity index (χ1) is 5.46. The molecule has 0 radical (unpaired) electrons. The lowest BCUT2D eigenvalue weighted by Gasteiger charge is -2.43. The second-order valence-electron chi connectivity index (χ2n) is 3.85. The first-order valence-corrected chi connectivity index (χ1v) is 4.34. The molecule has 0 aromatic heterocycles. The summed E-state index contributed by atoms with van der Waals surface area (Å²) < 4.78 is 0. The Kier molecular flexibility index (Phi) is 2.73. The van der Waals surface area contributed by atoms with Crippen LogP contribution >= 0.6 is 0 Å². The molecule has 1 aliphatic carbocycles. The lowest BCUT2D eigenvalue weighted by atomic mass is 9.72. The first kappa shape index (κ1) is 9.92. The molecule has 0 heterocycles. The van der Waals surface area contributed by atoms with E-state index >= 15 is 0 Å². The van der Waals surface area contributed by atoms with Gasteiger partial charge in [0.05, 0.1) is 18.2 Å². The van der Waals surface area contributed by atoms with E-state index in [9.17, 15) is 10.2 Å². The van der Waals surface area contributed by atoms with Crippen molar-refractivity contribution in [1.82, 2.24) is 0 Å². The van der Waals surface area contributed by atoms with Gasteiger partial charge in [-0.15, -0.1) is 0 Å². The molecule has 6 unspecified atom stereocenters. The van der Waals surface area contributed by atoms with E-state index < -0.39 is 18.2 Å². The van der Waals surface area contributed by atoms with E-state index in [-0.39, 0.29) is 17.9 Å². The molecule has 1 aliphatic rings. The summed E-state index contributed by atoms with van der Waals surface area (Å²) in [6.45, 7) is 3.83. The molecule has 4 nitrogen and oxygen atoms in total. The first-order valence-electron chi connectivity index (χ1n) is 4.34. The molecule has 72 valence electrons. The van der Waals surface area contributed by atoms with Crippen molar-refractivity contribution in [2.45, 2.75) is 38.1 Å². The fraction of sp³-hybridized carbons (Fsp3) is 1.00. The third-order valence-corrected chi connectivity index (χ3v) is 3.16. The fourth-order valence-corrected chi connectivity index (χ4v) is 1.78. The SMILES string of the molecule is CC1C(C)C(O)C(N)C(O)C1N. The highest BCUT2D eigenvalue weighted by Crippen LogP contribution is 2.28. The molecule has 1 rings (SSSR count). The number of nitrogens with two attached hydrogens (primary N) is 2. The molecule has 0 spiro atoms. The highest BCUT2D eigenvalue weighted by molar-refractivity contribution is 4.98. The van der Waals surface area contributed by atoms with Crippen LogP contribution in [0.25, 0.3) is 0 Å². The van der Waals surface area contributed by atoms with Crippen molar-refractivity contribution in [1.29, 1.82) is 0 Å². The maximum absolute atomic E-state index is 9.56. The molecule has 6 N–H and O–H groups in total. The third kappa shape index (κ3) is 1.35. The minimum atomic E-state index is -0.786. The zero-order valence-electron chi connectivity index (χ0n) is 7.51. The highest BCUT2D eigenvalue weighted by Gasteiger charge is 2.42. The number of aliphatic hydroxyl groups is 2. The maximum atomic E-state index is 9.56. The van der Waals surface area contributed by atoms with Crippen LogP contribution in [0.5, 0.6) is 0 Å².